The number of anilines is 1. The molecule has 0 N–H and O–H groups in total. The Morgan fingerprint density at radius 3 is 2.46 bits per heavy atom. The smallest absolute Gasteiger partial charge is 0.289 e. The van der Waals surface area contributed by atoms with Gasteiger partial charge in [0.05, 0.1) is 11.4 Å². The number of ketones is 1. The Bertz CT molecular complexity index is 1000. The molecule has 0 spiro atoms. The number of rotatable bonds is 3. The molecule has 2 aromatic carbocycles. The summed E-state index contributed by atoms with van der Waals surface area (Å²) < 4.78 is 0. The van der Waals surface area contributed by atoms with E-state index in [1.807, 2.05) is 52.7 Å². The summed E-state index contributed by atoms with van der Waals surface area (Å²) in [5, 5.41) is 1.87. The zero-order chi connectivity index (χ0) is 18.1. The molecule has 1 aliphatic rings. The molecule has 4 rings (SSSR count). The quantitative estimate of drug-likeness (QED) is 0.644. The number of fused-ring (bicyclic) bond motifs is 1. The third-order valence-corrected chi connectivity index (χ3v) is 5.23. The van der Waals surface area contributed by atoms with Crippen LogP contribution in [-0.2, 0) is 6.54 Å². The van der Waals surface area contributed by atoms with Crippen LogP contribution in [0, 0.1) is 0 Å². The highest BCUT2D eigenvalue weighted by atomic mass is 32.1. The highest BCUT2D eigenvalue weighted by Gasteiger charge is 2.27. The number of aliphatic imine (C=N–C) groups is 1. The second-order valence-corrected chi connectivity index (χ2v) is 7.01. The molecule has 128 valence electrons. The van der Waals surface area contributed by atoms with Gasteiger partial charge in [-0.2, -0.15) is 4.99 Å². The average Bonchev–Trinajstić information content (AvgIpc) is 3.30. The van der Waals surface area contributed by atoms with Crippen molar-refractivity contribution >= 4 is 34.6 Å². The van der Waals surface area contributed by atoms with Crippen LogP contribution in [0.1, 0.15) is 38.1 Å². The molecule has 1 amide bonds. The van der Waals surface area contributed by atoms with E-state index in [9.17, 15) is 9.59 Å². The molecule has 2 heterocycles. The Balaban J connectivity index is 1.76. The maximum absolute atomic E-state index is 12.5. The second-order valence-electron chi connectivity index (χ2n) is 6.06. The van der Waals surface area contributed by atoms with Crippen molar-refractivity contribution in [3.8, 4) is 0 Å². The molecule has 5 heteroatoms. The lowest BCUT2D eigenvalue weighted by atomic mass is 10.1. The molecular formula is C21H16N2O2S. The van der Waals surface area contributed by atoms with Crippen LogP contribution in [-0.4, -0.2) is 17.5 Å². The van der Waals surface area contributed by atoms with Gasteiger partial charge in [-0.1, -0.05) is 30.3 Å². The predicted molar refractivity (Wildman–Crippen MR) is 104 cm³/mol. The molecule has 1 aromatic heterocycles. The monoisotopic (exact) mass is 360 g/mol. The van der Waals surface area contributed by atoms with Crippen molar-refractivity contribution < 1.29 is 9.59 Å². The van der Waals surface area contributed by atoms with Gasteiger partial charge in [0.25, 0.3) is 5.91 Å². The number of hydrogen-bond donors (Lipinski definition) is 0. The Hall–Kier alpha value is -3.05. The summed E-state index contributed by atoms with van der Waals surface area (Å²) in [4.78, 5) is 31.1. The number of carbonyl (C=O) groups excluding carboxylic acids is 2. The highest BCUT2D eigenvalue weighted by Crippen LogP contribution is 2.29. The van der Waals surface area contributed by atoms with Crippen molar-refractivity contribution in [1.82, 2.24) is 0 Å². The maximum atomic E-state index is 12.5. The van der Waals surface area contributed by atoms with Gasteiger partial charge in [0.1, 0.15) is 5.84 Å². The summed E-state index contributed by atoms with van der Waals surface area (Å²) >= 11 is 1.39. The molecule has 0 aliphatic carbocycles. The van der Waals surface area contributed by atoms with E-state index in [4.69, 9.17) is 0 Å². The molecular weight excluding hydrogens is 344 g/mol. The number of benzene rings is 2. The fourth-order valence-electron chi connectivity index (χ4n) is 3.03. The SMILES string of the molecule is CC(=O)c1ccc(N2Cc3ccccc3C2=NC(=O)c2cccs2)cc1. The van der Waals surface area contributed by atoms with Gasteiger partial charge < -0.3 is 4.90 Å². The Morgan fingerprint density at radius 2 is 1.77 bits per heavy atom. The standard InChI is InChI=1S/C21H16N2O2S/c1-14(24)15-8-10-17(11-9-15)23-13-16-5-2-3-6-18(16)20(23)22-21(25)19-7-4-12-26-19/h2-12H,13H2,1H3. The van der Waals surface area contributed by atoms with Crippen molar-refractivity contribution in [2.45, 2.75) is 13.5 Å². The number of thiophene rings is 1. The minimum absolute atomic E-state index is 0.0306. The first-order valence-corrected chi connectivity index (χ1v) is 9.15. The lowest BCUT2D eigenvalue weighted by Gasteiger charge is -2.19. The van der Waals surface area contributed by atoms with Crippen LogP contribution in [0.4, 0.5) is 5.69 Å². The third-order valence-electron chi connectivity index (χ3n) is 4.37. The highest BCUT2D eigenvalue weighted by molar-refractivity contribution is 7.12. The summed E-state index contributed by atoms with van der Waals surface area (Å²) in [6, 6.07) is 19.0. The van der Waals surface area contributed by atoms with Crippen LogP contribution < -0.4 is 4.90 Å². The topological polar surface area (TPSA) is 49.7 Å². The number of amidine groups is 1. The van der Waals surface area contributed by atoms with Crippen molar-refractivity contribution in [3.63, 3.8) is 0 Å². The Kier molecular flexibility index (Phi) is 4.22. The molecule has 1 aliphatic heterocycles. The molecule has 26 heavy (non-hydrogen) atoms. The Morgan fingerprint density at radius 1 is 1.00 bits per heavy atom. The Labute approximate surface area is 155 Å². The van der Waals surface area contributed by atoms with E-state index < -0.39 is 0 Å². The van der Waals surface area contributed by atoms with E-state index >= 15 is 0 Å². The van der Waals surface area contributed by atoms with E-state index in [1.54, 1.807) is 25.1 Å². The van der Waals surface area contributed by atoms with Crippen LogP contribution in [0.15, 0.2) is 71.0 Å². The van der Waals surface area contributed by atoms with Crippen LogP contribution in [0.2, 0.25) is 0 Å². The zero-order valence-electron chi connectivity index (χ0n) is 14.2. The van der Waals surface area contributed by atoms with Crippen LogP contribution in [0.5, 0.6) is 0 Å². The first kappa shape index (κ1) is 16.4. The van der Waals surface area contributed by atoms with Gasteiger partial charge in [0.2, 0.25) is 0 Å². The van der Waals surface area contributed by atoms with E-state index in [0.29, 0.717) is 22.8 Å². The average molecular weight is 360 g/mol. The predicted octanol–water partition coefficient (Wildman–Crippen LogP) is 4.56. The van der Waals surface area contributed by atoms with Gasteiger partial charge in [0.15, 0.2) is 5.78 Å². The van der Waals surface area contributed by atoms with Gasteiger partial charge in [0, 0.05) is 16.8 Å². The molecule has 0 saturated carbocycles. The molecule has 0 atom stereocenters. The second kappa shape index (κ2) is 6.69. The summed E-state index contributed by atoms with van der Waals surface area (Å²) in [7, 11) is 0. The number of hydrogen-bond acceptors (Lipinski definition) is 3. The lowest BCUT2D eigenvalue weighted by molar-refractivity contribution is 0.100. The first-order valence-electron chi connectivity index (χ1n) is 8.27. The van der Waals surface area contributed by atoms with Gasteiger partial charge >= 0.3 is 0 Å². The van der Waals surface area contributed by atoms with Crippen LogP contribution in [0.25, 0.3) is 0 Å². The maximum Gasteiger partial charge on any atom is 0.289 e. The van der Waals surface area contributed by atoms with Crippen LogP contribution >= 0.6 is 11.3 Å². The minimum Gasteiger partial charge on any atom is -0.321 e. The van der Waals surface area contributed by atoms with Gasteiger partial charge in [-0.05, 0) is 48.2 Å². The fourth-order valence-corrected chi connectivity index (χ4v) is 3.64. The number of nitrogens with zero attached hydrogens (tertiary/aromatic N) is 2. The zero-order valence-corrected chi connectivity index (χ0v) is 15.0. The van der Waals surface area contributed by atoms with Gasteiger partial charge in [-0.25, -0.2) is 0 Å². The largest absolute Gasteiger partial charge is 0.321 e. The van der Waals surface area contributed by atoms with E-state index in [0.717, 1.165) is 16.8 Å². The normalized spacial score (nSPS) is 14.5. The lowest BCUT2D eigenvalue weighted by Crippen LogP contribution is -2.25. The van der Waals surface area contributed by atoms with Crippen LogP contribution in [0.3, 0.4) is 0 Å². The summed E-state index contributed by atoms with van der Waals surface area (Å²) in [5.74, 6) is 0.439. The minimum atomic E-state index is -0.239. The molecule has 0 saturated heterocycles. The number of amides is 1. The molecule has 4 nitrogen and oxygen atoms in total. The van der Waals surface area contributed by atoms with E-state index in [1.165, 1.54) is 11.3 Å². The van der Waals surface area contributed by atoms with Crippen molar-refractivity contribution in [3.05, 3.63) is 87.6 Å². The summed E-state index contributed by atoms with van der Waals surface area (Å²) in [5.41, 5.74) is 3.66. The molecule has 0 bridgehead atoms. The first-order chi connectivity index (χ1) is 12.6. The molecule has 0 fully saturated rings. The number of Topliss-reactive ketones (excluding diaryl/α,β-unsaturated/α-hetero) is 1. The van der Waals surface area contributed by atoms with E-state index in [-0.39, 0.29) is 11.7 Å². The number of carbonyl (C=O) groups is 2. The fraction of sp³-hybridized carbons (Fsp3) is 0.0952. The molecule has 0 unspecified atom stereocenters. The summed E-state index contributed by atoms with van der Waals surface area (Å²) in [6.45, 7) is 2.19. The van der Waals surface area contributed by atoms with Crippen molar-refractivity contribution in [1.29, 1.82) is 0 Å². The molecule has 0 radical (unpaired) electrons. The third kappa shape index (κ3) is 2.97. The summed E-state index contributed by atoms with van der Waals surface area (Å²) in [6.07, 6.45) is 0. The van der Waals surface area contributed by atoms with E-state index in [2.05, 4.69) is 4.99 Å². The van der Waals surface area contributed by atoms with Gasteiger partial charge in [-0.15, -0.1) is 11.3 Å². The van der Waals surface area contributed by atoms with Crippen molar-refractivity contribution in [2.24, 2.45) is 4.99 Å². The van der Waals surface area contributed by atoms with Crippen molar-refractivity contribution in [2.75, 3.05) is 4.90 Å². The molecule has 3 aromatic rings. The van der Waals surface area contributed by atoms with Gasteiger partial charge in [-0.3, -0.25) is 9.59 Å².